The number of hydrogen-bond acceptors (Lipinski definition) is 5. The van der Waals surface area contributed by atoms with Gasteiger partial charge in [0.05, 0.1) is 25.5 Å². The largest absolute Gasteiger partial charge is 0.493 e. The van der Waals surface area contributed by atoms with Crippen LogP contribution in [0.25, 0.3) is 11.6 Å². The van der Waals surface area contributed by atoms with Gasteiger partial charge in [-0.05, 0) is 49.0 Å². The van der Waals surface area contributed by atoms with Crippen molar-refractivity contribution in [1.82, 2.24) is 4.98 Å². The van der Waals surface area contributed by atoms with Gasteiger partial charge in [0.1, 0.15) is 11.1 Å². The number of benzene rings is 1. The lowest BCUT2D eigenvalue weighted by Gasteiger charge is -2.15. The van der Waals surface area contributed by atoms with Gasteiger partial charge in [-0.15, -0.1) is 11.3 Å². The average molecular weight is 340 g/mol. The maximum Gasteiger partial charge on any atom is 0.161 e. The Labute approximate surface area is 146 Å². The lowest BCUT2D eigenvalue weighted by molar-refractivity contribution is 0.355. The summed E-state index contributed by atoms with van der Waals surface area (Å²) in [4.78, 5) is 6.03. The molecule has 124 valence electrons. The molecule has 0 saturated carbocycles. The number of rotatable bonds is 4. The number of ether oxygens (including phenoxy) is 2. The van der Waals surface area contributed by atoms with E-state index in [4.69, 9.17) is 14.5 Å². The molecule has 0 fully saturated rings. The van der Waals surface area contributed by atoms with Crippen LogP contribution in [0.3, 0.4) is 0 Å². The Balaban J connectivity index is 1.95. The molecule has 1 aliphatic rings. The predicted molar refractivity (Wildman–Crippen MR) is 96.3 cm³/mol. The minimum Gasteiger partial charge on any atom is -0.493 e. The van der Waals surface area contributed by atoms with Gasteiger partial charge in [-0.2, -0.15) is 5.26 Å². The number of allylic oxidation sites excluding steroid dienone is 1. The van der Waals surface area contributed by atoms with Crippen LogP contribution in [-0.2, 0) is 12.8 Å². The van der Waals surface area contributed by atoms with E-state index in [2.05, 4.69) is 13.0 Å². The number of nitriles is 1. The van der Waals surface area contributed by atoms with Crippen LogP contribution in [0.2, 0.25) is 0 Å². The molecule has 24 heavy (non-hydrogen) atoms. The van der Waals surface area contributed by atoms with Crippen molar-refractivity contribution in [2.45, 2.75) is 26.2 Å². The van der Waals surface area contributed by atoms with E-state index < -0.39 is 0 Å². The summed E-state index contributed by atoms with van der Waals surface area (Å²) in [6.07, 6.45) is 5.12. The van der Waals surface area contributed by atoms with E-state index in [1.54, 1.807) is 25.6 Å². The van der Waals surface area contributed by atoms with Crippen molar-refractivity contribution in [3.05, 3.63) is 39.3 Å². The van der Waals surface area contributed by atoms with Gasteiger partial charge in [0, 0.05) is 4.88 Å². The molecule has 0 saturated heterocycles. The molecular formula is C19H20N2O2S. The molecule has 1 aromatic heterocycles. The molecule has 5 heteroatoms. The third kappa shape index (κ3) is 3.29. The molecule has 0 amide bonds. The second-order valence-electron chi connectivity index (χ2n) is 6.02. The first-order valence-electron chi connectivity index (χ1n) is 7.97. The summed E-state index contributed by atoms with van der Waals surface area (Å²) in [5, 5.41) is 10.4. The monoisotopic (exact) mass is 340 g/mol. The Morgan fingerprint density at radius 3 is 2.83 bits per heavy atom. The molecule has 0 bridgehead atoms. The summed E-state index contributed by atoms with van der Waals surface area (Å²) in [6, 6.07) is 7.91. The van der Waals surface area contributed by atoms with Crippen LogP contribution in [0.4, 0.5) is 0 Å². The normalized spacial score (nSPS) is 17.1. The zero-order valence-corrected chi connectivity index (χ0v) is 14.9. The second-order valence-corrected chi connectivity index (χ2v) is 7.10. The number of aromatic nitrogens is 1. The van der Waals surface area contributed by atoms with Crippen LogP contribution >= 0.6 is 11.3 Å². The van der Waals surface area contributed by atoms with Crippen LogP contribution in [0.1, 0.15) is 34.5 Å². The van der Waals surface area contributed by atoms with Crippen molar-refractivity contribution < 1.29 is 9.47 Å². The highest BCUT2D eigenvalue weighted by molar-refractivity contribution is 7.13. The highest BCUT2D eigenvalue weighted by Gasteiger charge is 2.21. The maximum atomic E-state index is 9.57. The fourth-order valence-corrected chi connectivity index (χ4v) is 4.14. The Morgan fingerprint density at radius 2 is 2.12 bits per heavy atom. The molecular weight excluding hydrogens is 320 g/mol. The highest BCUT2D eigenvalue weighted by atomic mass is 32.1. The molecule has 0 N–H and O–H groups in total. The molecule has 1 aromatic carbocycles. The Hall–Kier alpha value is -2.32. The van der Waals surface area contributed by atoms with E-state index >= 15 is 0 Å². The van der Waals surface area contributed by atoms with Crippen molar-refractivity contribution in [3.8, 4) is 17.6 Å². The second kappa shape index (κ2) is 7.06. The molecule has 0 unspecified atom stereocenters. The molecule has 4 nitrogen and oxygen atoms in total. The van der Waals surface area contributed by atoms with Crippen molar-refractivity contribution in [3.63, 3.8) is 0 Å². The molecule has 0 radical (unpaired) electrons. The first-order chi connectivity index (χ1) is 11.6. The summed E-state index contributed by atoms with van der Waals surface area (Å²) < 4.78 is 10.6. The van der Waals surface area contributed by atoms with Crippen LogP contribution < -0.4 is 9.47 Å². The number of aryl methyl sites for hydroxylation is 1. The maximum absolute atomic E-state index is 9.57. The van der Waals surface area contributed by atoms with Gasteiger partial charge < -0.3 is 9.47 Å². The third-order valence-electron chi connectivity index (χ3n) is 4.26. The number of thiazole rings is 1. The van der Waals surface area contributed by atoms with Crippen molar-refractivity contribution in [1.29, 1.82) is 5.26 Å². The Kier molecular flexibility index (Phi) is 4.86. The zero-order valence-electron chi connectivity index (χ0n) is 14.1. The summed E-state index contributed by atoms with van der Waals surface area (Å²) in [5.74, 6) is 2.02. The molecule has 0 aliphatic heterocycles. The summed E-state index contributed by atoms with van der Waals surface area (Å²) >= 11 is 1.65. The van der Waals surface area contributed by atoms with Gasteiger partial charge in [0.25, 0.3) is 0 Å². The lowest BCUT2D eigenvalue weighted by atomic mass is 9.93. The summed E-state index contributed by atoms with van der Waals surface area (Å²) in [7, 11) is 3.21. The zero-order chi connectivity index (χ0) is 17.1. The SMILES string of the molecule is COc1ccc(/C=C(\C#N)c2nc3c(s2)C[C@H](C)CC3)cc1OC. The van der Waals surface area contributed by atoms with E-state index in [0.717, 1.165) is 23.4 Å². The molecule has 2 aromatic rings. The fourth-order valence-electron chi connectivity index (χ4n) is 2.91. The van der Waals surface area contributed by atoms with Gasteiger partial charge in [-0.3, -0.25) is 0 Å². The first-order valence-corrected chi connectivity index (χ1v) is 8.79. The Bertz CT molecular complexity index is 817. The number of fused-ring (bicyclic) bond motifs is 1. The lowest BCUT2D eigenvalue weighted by Crippen LogP contribution is -2.09. The van der Waals surface area contributed by atoms with Gasteiger partial charge in [0.2, 0.25) is 0 Å². The van der Waals surface area contributed by atoms with Gasteiger partial charge in [-0.1, -0.05) is 13.0 Å². The predicted octanol–water partition coefficient (Wildman–Crippen LogP) is 4.35. The smallest absolute Gasteiger partial charge is 0.161 e. The Morgan fingerprint density at radius 1 is 1.33 bits per heavy atom. The molecule has 1 atom stereocenters. The molecule has 0 spiro atoms. The van der Waals surface area contributed by atoms with Crippen molar-refractivity contribution in [2.75, 3.05) is 14.2 Å². The summed E-state index contributed by atoms with van der Waals surface area (Å²) in [6.45, 7) is 2.27. The minimum atomic E-state index is 0.592. The van der Waals surface area contributed by atoms with Gasteiger partial charge >= 0.3 is 0 Å². The molecule has 1 aliphatic carbocycles. The average Bonchev–Trinajstić information content (AvgIpc) is 3.02. The van der Waals surface area contributed by atoms with Crippen LogP contribution in [0, 0.1) is 17.2 Å². The van der Waals surface area contributed by atoms with Gasteiger partial charge in [-0.25, -0.2) is 4.98 Å². The van der Waals surface area contributed by atoms with E-state index in [-0.39, 0.29) is 0 Å². The van der Waals surface area contributed by atoms with Crippen molar-refractivity contribution >= 4 is 23.0 Å². The summed E-state index contributed by atoms with van der Waals surface area (Å²) in [5.41, 5.74) is 2.65. The quantitative estimate of drug-likeness (QED) is 0.777. The van der Waals surface area contributed by atoms with E-state index in [9.17, 15) is 5.26 Å². The first kappa shape index (κ1) is 16.5. The van der Waals surface area contributed by atoms with Crippen molar-refractivity contribution in [2.24, 2.45) is 5.92 Å². The minimum absolute atomic E-state index is 0.592. The van der Waals surface area contributed by atoms with E-state index in [1.165, 1.54) is 17.0 Å². The highest BCUT2D eigenvalue weighted by Crippen LogP contribution is 2.34. The standard InChI is InChI=1S/C19H20N2O2S/c1-12-4-6-15-18(8-12)24-19(21-15)14(11-20)9-13-5-7-16(22-2)17(10-13)23-3/h5,7,9-10,12H,4,6,8H2,1-3H3/b14-9+/t12-/m1/s1. The van der Waals surface area contributed by atoms with Gasteiger partial charge in [0.15, 0.2) is 11.5 Å². The fraction of sp³-hybridized carbons (Fsp3) is 0.368. The number of nitrogens with zero attached hydrogens (tertiary/aromatic N) is 2. The number of methoxy groups -OCH3 is 2. The van der Waals surface area contributed by atoms with E-state index in [0.29, 0.717) is 23.0 Å². The topological polar surface area (TPSA) is 55.1 Å². The van der Waals surface area contributed by atoms with E-state index in [1.807, 2.05) is 24.3 Å². The molecule has 3 rings (SSSR count). The molecule has 1 heterocycles. The van der Waals surface area contributed by atoms with Crippen LogP contribution in [-0.4, -0.2) is 19.2 Å². The van der Waals surface area contributed by atoms with Crippen LogP contribution in [0.5, 0.6) is 11.5 Å². The van der Waals surface area contributed by atoms with Crippen LogP contribution in [0.15, 0.2) is 18.2 Å². The number of hydrogen-bond donors (Lipinski definition) is 0. The third-order valence-corrected chi connectivity index (χ3v) is 5.41.